The third kappa shape index (κ3) is 2.91. The van der Waals surface area contributed by atoms with Crippen LogP contribution in [0.25, 0.3) is 0 Å². The van der Waals surface area contributed by atoms with Crippen LogP contribution in [0.5, 0.6) is 0 Å². The number of nitrogens with two attached hydrogens (primary N) is 1. The van der Waals surface area contributed by atoms with Gasteiger partial charge in [-0.3, -0.25) is 4.55 Å². The van der Waals surface area contributed by atoms with Crippen molar-refractivity contribution in [2.24, 2.45) is 17.1 Å². The number of fused-ring (bicyclic) bond motifs is 3. The van der Waals surface area contributed by atoms with Crippen molar-refractivity contribution in [1.29, 1.82) is 0 Å². The van der Waals surface area contributed by atoms with Gasteiger partial charge in [-0.2, -0.15) is 13.5 Å². The van der Waals surface area contributed by atoms with E-state index in [-0.39, 0.29) is 11.5 Å². The van der Waals surface area contributed by atoms with Crippen LogP contribution in [0.3, 0.4) is 0 Å². The molecule has 4 aliphatic rings. The smallest absolute Gasteiger partial charge is 0.418 e. The summed E-state index contributed by atoms with van der Waals surface area (Å²) in [5.74, 6) is 1.35. The van der Waals surface area contributed by atoms with Crippen molar-refractivity contribution in [3.8, 4) is 0 Å². The Hall–Kier alpha value is -1.76. The average Bonchev–Trinajstić information content (AvgIpc) is 3.06. The second kappa shape index (κ2) is 5.63. The molecule has 2 aliphatic heterocycles. The maximum atomic E-state index is 12.7. The number of hydrogen-bond donors (Lipinski definition) is 2. The van der Waals surface area contributed by atoms with E-state index in [1.807, 2.05) is 0 Å². The first-order chi connectivity index (χ1) is 12.7. The number of piperidine rings is 1. The Kier molecular flexibility index (Phi) is 3.61. The summed E-state index contributed by atoms with van der Waals surface area (Å²) in [6, 6.07) is -1.20. The summed E-state index contributed by atoms with van der Waals surface area (Å²) in [4.78, 5) is 14.2. The molecule has 4 fully saturated rings. The maximum Gasteiger partial charge on any atom is 0.418 e. The average molecular weight is 399 g/mol. The van der Waals surface area contributed by atoms with Crippen LogP contribution >= 0.6 is 0 Å². The molecule has 2 saturated carbocycles. The van der Waals surface area contributed by atoms with Crippen LogP contribution in [0.15, 0.2) is 4.42 Å². The lowest BCUT2D eigenvalue weighted by Gasteiger charge is -2.34. The molecule has 0 unspecified atom stereocenters. The van der Waals surface area contributed by atoms with Gasteiger partial charge in [0.15, 0.2) is 0 Å². The molecule has 148 valence electrons. The summed E-state index contributed by atoms with van der Waals surface area (Å²) >= 11 is 0. The number of hydroxylamine groups is 2. The molecular formula is C15H21N5O6S. The zero-order valence-electron chi connectivity index (χ0n) is 14.5. The van der Waals surface area contributed by atoms with Crippen molar-refractivity contribution in [3.05, 3.63) is 11.8 Å². The number of carbonyl (C=O) groups excluding carboxylic acids is 1. The van der Waals surface area contributed by atoms with E-state index >= 15 is 0 Å². The molecule has 2 amide bonds. The van der Waals surface area contributed by atoms with Crippen LogP contribution in [0, 0.1) is 11.3 Å². The van der Waals surface area contributed by atoms with Crippen LogP contribution in [0.4, 0.5) is 4.79 Å². The van der Waals surface area contributed by atoms with Crippen molar-refractivity contribution in [3.63, 3.8) is 0 Å². The minimum Gasteiger partial charge on any atom is -0.423 e. The van der Waals surface area contributed by atoms with Gasteiger partial charge in [0.05, 0.1) is 6.04 Å². The Morgan fingerprint density at radius 1 is 1.33 bits per heavy atom. The number of amides is 2. The minimum absolute atomic E-state index is 0.243. The standard InChI is InChI=1S/C15H21N5O6S/c16-9-3-8(4-9)5-12-17-18-13(25-12)10-6-15(1-2-15)11-7-19(10)14(21)20(11)26-27(22,23)24/h8-11H,1-7,16H2,(H,22,23,24)/t8-,9+,10-,11+/m0/s1. The van der Waals surface area contributed by atoms with E-state index in [0.717, 1.165) is 30.7 Å². The zero-order valence-corrected chi connectivity index (χ0v) is 15.3. The number of hydrogen-bond acceptors (Lipinski definition) is 8. The predicted octanol–water partition coefficient (Wildman–Crippen LogP) is 0.415. The van der Waals surface area contributed by atoms with E-state index in [1.165, 1.54) is 4.90 Å². The molecule has 2 atom stereocenters. The van der Waals surface area contributed by atoms with E-state index in [2.05, 4.69) is 14.5 Å². The fourth-order valence-corrected chi connectivity index (χ4v) is 5.09. The molecule has 1 aromatic heterocycles. The number of nitrogens with zero attached hydrogens (tertiary/aromatic N) is 4. The quantitative estimate of drug-likeness (QED) is 0.671. The number of rotatable bonds is 5. The topological polar surface area (TPSA) is 152 Å². The molecular weight excluding hydrogens is 378 g/mol. The van der Waals surface area contributed by atoms with Crippen molar-refractivity contribution < 1.29 is 26.5 Å². The molecule has 12 heteroatoms. The van der Waals surface area contributed by atoms with Crippen LogP contribution in [-0.4, -0.2) is 57.8 Å². The van der Waals surface area contributed by atoms with Crippen molar-refractivity contribution in [2.75, 3.05) is 6.54 Å². The molecule has 1 aromatic rings. The molecule has 2 aliphatic carbocycles. The van der Waals surface area contributed by atoms with Crippen molar-refractivity contribution >= 4 is 16.4 Å². The summed E-state index contributed by atoms with van der Waals surface area (Å²) in [5, 5.41) is 9.05. The largest absolute Gasteiger partial charge is 0.423 e. The Labute approximate surface area is 155 Å². The first-order valence-corrected chi connectivity index (χ1v) is 10.5. The monoisotopic (exact) mass is 399 g/mol. The van der Waals surface area contributed by atoms with E-state index in [1.54, 1.807) is 0 Å². The Morgan fingerprint density at radius 2 is 2.07 bits per heavy atom. The van der Waals surface area contributed by atoms with Crippen LogP contribution in [0.2, 0.25) is 0 Å². The van der Waals surface area contributed by atoms with Crippen molar-refractivity contribution in [2.45, 2.75) is 56.7 Å². The molecule has 2 bridgehead atoms. The van der Waals surface area contributed by atoms with Crippen LogP contribution in [0.1, 0.15) is 49.9 Å². The SMILES string of the molecule is N[C@H]1C[C@@H](Cc2nnc([C@@H]3CC4(CC4)[C@H]4CN3C(=O)N4OS(=O)(=O)O)o2)C1. The highest BCUT2D eigenvalue weighted by atomic mass is 32.3. The highest BCUT2D eigenvalue weighted by Crippen LogP contribution is 2.61. The molecule has 5 rings (SSSR count). The van der Waals surface area contributed by atoms with Crippen molar-refractivity contribution in [1.82, 2.24) is 20.2 Å². The second-order valence-corrected chi connectivity index (χ2v) is 9.20. The van der Waals surface area contributed by atoms with Gasteiger partial charge in [0.2, 0.25) is 11.8 Å². The molecule has 27 heavy (non-hydrogen) atoms. The highest BCUT2D eigenvalue weighted by Gasteiger charge is 2.64. The molecule has 3 heterocycles. The minimum atomic E-state index is -4.78. The van der Waals surface area contributed by atoms with Gasteiger partial charge in [-0.1, -0.05) is 0 Å². The van der Waals surface area contributed by atoms with Gasteiger partial charge in [0.1, 0.15) is 6.04 Å². The Morgan fingerprint density at radius 3 is 2.70 bits per heavy atom. The Bertz CT molecular complexity index is 877. The molecule has 1 spiro atoms. The summed E-state index contributed by atoms with van der Waals surface area (Å²) in [5.41, 5.74) is 5.56. The van der Waals surface area contributed by atoms with E-state index < -0.39 is 28.5 Å². The van der Waals surface area contributed by atoms with E-state index in [0.29, 0.717) is 37.1 Å². The normalized spacial score (nSPS) is 34.2. The van der Waals surface area contributed by atoms with Gasteiger partial charge in [0, 0.05) is 19.0 Å². The summed E-state index contributed by atoms with van der Waals surface area (Å²) in [6.07, 6.45) is 4.86. The van der Waals surface area contributed by atoms with Gasteiger partial charge in [-0.15, -0.1) is 14.5 Å². The van der Waals surface area contributed by atoms with E-state index in [9.17, 15) is 13.2 Å². The second-order valence-electron chi connectivity index (χ2n) is 8.20. The molecule has 0 radical (unpaired) electrons. The molecule has 3 N–H and O–H groups in total. The fourth-order valence-electron chi connectivity index (χ4n) is 4.72. The van der Waals surface area contributed by atoms with Crippen LogP contribution < -0.4 is 5.73 Å². The number of urea groups is 1. The fraction of sp³-hybridized carbons (Fsp3) is 0.800. The first kappa shape index (κ1) is 17.3. The predicted molar refractivity (Wildman–Crippen MR) is 88.1 cm³/mol. The Balaban J connectivity index is 1.37. The first-order valence-electron chi connectivity index (χ1n) is 9.09. The summed E-state index contributed by atoms with van der Waals surface area (Å²) < 4.78 is 41.7. The van der Waals surface area contributed by atoms with Gasteiger partial charge in [-0.05, 0) is 43.4 Å². The number of carbonyl (C=O) groups is 1. The van der Waals surface area contributed by atoms with Gasteiger partial charge in [-0.25, -0.2) is 4.79 Å². The summed E-state index contributed by atoms with van der Waals surface area (Å²) in [6.45, 7) is 0.300. The molecule has 11 nitrogen and oxygen atoms in total. The van der Waals surface area contributed by atoms with Gasteiger partial charge < -0.3 is 15.1 Å². The lowest BCUT2D eigenvalue weighted by Crippen LogP contribution is -2.43. The van der Waals surface area contributed by atoms with Crippen LogP contribution in [-0.2, 0) is 21.1 Å². The van der Waals surface area contributed by atoms with Gasteiger partial charge in [0.25, 0.3) is 0 Å². The lowest BCUT2D eigenvalue weighted by atomic mass is 9.79. The maximum absolute atomic E-state index is 12.7. The highest BCUT2D eigenvalue weighted by molar-refractivity contribution is 7.80. The zero-order chi connectivity index (χ0) is 19.0. The number of aromatic nitrogens is 2. The molecule has 2 saturated heterocycles. The lowest BCUT2D eigenvalue weighted by molar-refractivity contribution is -0.0530. The van der Waals surface area contributed by atoms with Gasteiger partial charge >= 0.3 is 16.4 Å². The summed E-state index contributed by atoms with van der Waals surface area (Å²) in [7, 11) is -4.78. The van der Waals surface area contributed by atoms with E-state index in [4.69, 9.17) is 14.7 Å². The third-order valence-corrected chi connectivity index (χ3v) is 6.69. The molecule has 0 aromatic carbocycles. The third-order valence-electron chi connectivity index (χ3n) is 6.34.